The summed E-state index contributed by atoms with van der Waals surface area (Å²) in [6.07, 6.45) is 3.24. The highest BCUT2D eigenvalue weighted by Crippen LogP contribution is 2.14. The second-order valence-electron chi connectivity index (χ2n) is 3.09. The molecular weight excluding hydrogens is 192 g/mol. The van der Waals surface area contributed by atoms with Gasteiger partial charge in [-0.15, -0.1) is 0 Å². The molecule has 0 bridgehead atoms. The molecule has 1 N–H and O–H groups in total. The van der Waals surface area contributed by atoms with Crippen molar-refractivity contribution < 1.29 is 14.6 Å². The van der Waals surface area contributed by atoms with Crippen molar-refractivity contribution in [2.75, 3.05) is 13.2 Å². The zero-order chi connectivity index (χ0) is 11.1. The van der Waals surface area contributed by atoms with E-state index in [2.05, 4.69) is 0 Å². The van der Waals surface area contributed by atoms with Crippen LogP contribution in [0.15, 0.2) is 30.3 Å². The number of ether oxygens (including phenoxy) is 1. The van der Waals surface area contributed by atoms with Gasteiger partial charge in [0.05, 0.1) is 6.61 Å². The van der Waals surface area contributed by atoms with Crippen LogP contribution in [0.3, 0.4) is 0 Å². The molecule has 0 saturated heterocycles. The third-order valence-electron chi connectivity index (χ3n) is 1.73. The Bertz CT molecular complexity index is 356. The number of carbonyl (C=O) groups excluding carboxylic acids is 1. The van der Waals surface area contributed by atoms with E-state index in [1.807, 2.05) is 18.2 Å². The average molecular weight is 206 g/mol. The Labute approximate surface area is 89.0 Å². The van der Waals surface area contributed by atoms with E-state index in [0.29, 0.717) is 5.75 Å². The standard InChI is InChI=1S/C12H14O3/c1-10(14)5-6-11-3-2-4-12(9-11)15-8-7-13/h2-6,9,13H,7-8H2,1H3/b6-5+. The Morgan fingerprint density at radius 3 is 3.00 bits per heavy atom. The van der Waals surface area contributed by atoms with Crippen LogP contribution in [-0.2, 0) is 4.79 Å². The number of benzene rings is 1. The SMILES string of the molecule is CC(=O)/C=C/c1cccc(OCCO)c1. The van der Waals surface area contributed by atoms with Crippen LogP contribution in [0.1, 0.15) is 12.5 Å². The number of carbonyl (C=O) groups is 1. The van der Waals surface area contributed by atoms with Crippen molar-refractivity contribution in [2.24, 2.45) is 0 Å². The van der Waals surface area contributed by atoms with Crippen LogP contribution in [0.5, 0.6) is 5.75 Å². The van der Waals surface area contributed by atoms with E-state index < -0.39 is 0 Å². The molecule has 0 aliphatic carbocycles. The molecule has 3 nitrogen and oxygen atoms in total. The van der Waals surface area contributed by atoms with Gasteiger partial charge >= 0.3 is 0 Å². The second-order valence-corrected chi connectivity index (χ2v) is 3.09. The maximum Gasteiger partial charge on any atom is 0.152 e. The van der Waals surface area contributed by atoms with Crippen LogP contribution in [0.25, 0.3) is 6.08 Å². The van der Waals surface area contributed by atoms with Gasteiger partial charge < -0.3 is 9.84 Å². The van der Waals surface area contributed by atoms with Crippen molar-refractivity contribution in [2.45, 2.75) is 6.92 Å². The molecule has 15 heavy (non-hydrogen) atoms. The lowest BCUT2D eigenvalue weighted by atomic mass is 10.2. The minimum atomic E-state index is -0.00644. The number of allylic oxidation sites excluding steroid dienone is 1. The number of rotatable bonds is 5. The molecule has 0 amide bonds. The molecule has 1 aromatic carbocycles. The van der Waals surface area contributed by atoms with Gasteiger partial charge in [0.2, 0.25) is 0 Å². The van der Waals surface area contributed by atoms with Gasteiger partial charge in [0.25, 0.3) is 0 Å². The summed E-state index contributed by atoms with van der Waals surface area (Å²) in [6, 6.07) is 7.34. The Hall–Kier alpha value is -1.61. The van der Waals surface area contributed by atoms with Crippen molar-refractivity contribution in [3.8, 4) is 5.75 Å². The van der Waals surface area contributed by atoms with Crippen LogP contribution in [0.4, 0.5) is 0 Å². The molecule has 0 spiro atoms. The molecular formula is C12H14O3. The molecule has 0 heterocycles. The molecule has 0 radical (unpaired) electrons. The van der Waals surface area contributed by atoms with Gasteiger partial charge in [0, 0.05) is 0 Å². The highest BCUT2D eigenvalue weighted by molar-refractivity contribution is 5.91. The summed E-state index contributed by atoms with van der Waals surface area (Å²) in [5.74, 6) is 0.700. The highest BCUT2D eigenvalue weighted by Gasteiger charge is 1.94. The van der Waals surface area contributed by atoms with Crippen LogP contribution >= 0.6 is 0 Å². The second kappa shape index (κ2) is 5.98. The van der Waals surface area contributed by atoms with E-state index in [1.54, 1.807) is 12.1 Å². The summed E-state index contributed by atoms with van der Waals surface area (Å²) in [5.41, 5.74) is 0.903. The number of aliphatic hydroxyl groups is 1. The Morgan fingerprint density at radius 1 is 1.53 bits per heavy atom. The van der Waals surface area contributed by atoms with Crippen LogP contribution in [-0.4, -0.2) is 24.1 Å². The number of hydrogen-bond acceptors (Lipinski definition) is 3. The van der Waals surface area contributed by atoms with Crippen molar-refractivity contribution in [3.05, 3.63) is 35.9 Å². The summed E-state index contributed by atoms with van der Waals surface area (Å²) in [6.45, 7) is 1.77. The summed E-state index contributed by atoms with van der Waals surface area (Å²) in [4.78, 5) is 10.7. The van der Waals surface area contributed by atoms with Crippen molar-refractivity contribution >= 4 is 11.9 Å². The van der Waals surface area contributed by atoms with Crippen molar-refractivity contribution in [1.82, 2.24) is 0 Å². The smallest absolute Gasteiger partial charge is 0.152 e. The first-order valence-electron chi connectivity index (χ1n) is 4.75. The zero-order valence-electron chi connectivity index (χ0n) is 8.64. The fourth-order valence-electron chi connectivity index (χ4n) is 1.09. The van der Waals surface area contributed by atoms with E-state index in [-0.39, 0.29) is 19.0 Å². The fraction of sp³-hybridized carbons (Fsp3) is 0.250. The monoisotopic (exact) mass is 206 g/mol. The molecule has 0 fully saturated rings. The topological polar surface area (TPSA) is 46.5 Å². The van der Waals surface area contributed by atoms with Crippen molar-refractivity contribution in [3.63, 3.8) is 0 Å². The molecule has 0 aliphatic rings. The van der Waals surface area contributed by atoms with Gasteiger partial charge in [0.1, 0.15) is 12.4 Å². The molecule has 0 aliphatic heterocycles. The van der Waals surface area contributed by atoms with Gasteiger partial charge in [-0.05, 0) is 30.7 Å². The van der Waals surface area contributed by atoms with E-state index >= 15 is 0 Å². The number of ketones is 1. The highest BCUT2D eigenvalue weighted by atomic mass is 16.5. The molecule has 0 aromatic heterocycles. The third kappa shape index (κ3) is 4.42. The minimum absolute atomic E-state index is 0.00644. The largest absolute Gasteiger partial charge is 0.491 e. The van der Waals surface area contributed by atoms with E-state index in [9.17, 15) is 4.79 Å². The maximum absolute atomic E-state index is 10.7. The fourth-order valence-corrected chi connectivity index (χ4v) is 1.09. The van der Waals surface area contributed by atoms with Crippen molar-refractivity contribution in [1.29, 1.82) is 0 Å². The van der Waals surface area contributed by atoms with E-state index in [4.69, 9.17) is 9.84 Å². The molecule has 1 aromatic rings. The molecule has 0 unspecified atom stereocenters. The summed E-state index contributed by atoms with van der Waals surface area (Å²) >= 11 is 0. The summed E-state index contributed by atoms with van der Waals surface area (Å²) < 4.78 is 5.23. The first-order valence-corrected chi connectivity index (χ1v) is 4.75. The summed E-state index contributed by atoms with van der Waals surface area (Å²) in [5, 5.41) is 8.59. The van der Waals surface area contributed by atoms with Crippen LogP contribution in [0.2, 0.25) is 0 Å². The van der Waals surface area contributed by atoms with Crippen LogP contribution < -0.4 is 4.74 Å². The molecule has 3 heteroatoms. The number of aliphatic hydroxyl groups excluding tert-OH is 1. The van der Waals surface area contributed by atoms with Crippen LogP contribution in [0, 0.1) is 0 Å². The van der Waals surface area contributed by atoms with Gasteiger partial charge in [-0.1, -0.05) is 18.2 Å². The lowest BCUT2D eigenvalue weighted by molar-refractivity contribution is -0.112. The lowest BCUT2D eigenvalue weighted by Crippen LogP contribution is -2.01. The Balaban J connectivity index is 2.69. The Morgan fingerprint density at radius 2 is 2.33 bits per heavy atom. The first-order chi connectivity index (χ1) is 7.22. The zero-order valence-corrected chi connectivity index (χ0v) is 8.64. The molecule has 0 atom stereocenters. The molecule has 1 rings (SSSR count). The van der Waals surface area contributed by atoms with Gasteiger partial charge in [-0.3, -0.25) is 4.79 Å². The van der Waals surface area contributed by atoms with Gasteiger partial charge in [-0.25, -0.2) is 0 Å². The predicted molar refractivity (Wildman–Crippen MR) is 58.7 cm³/mol. The third-order valence-corrected chi connectivity index (χ3v) is 1.73. The van der Waals surface area contributed by atoms with E-state index in [1.165, 1.54) is 13.0 Å². The maximum atomic E-state index is 10.7. The quantitative estimate of drug-likeness (QED) is 0.745. The first kappa shape index (κ1) is 11.5. The lowest BCUT2D eigenvalue weighted by Gasteiger charge is -2.04. The van der Waals surface area contributed by atoms with Gasteiger partial charge in [-0.2, -0.15) is 0 Å². The molecule has 80 valence electrons. The minimum Gasteiger partial charge on any atom is -0.491 e. The van der Waals surface area contributed by atoms with E-state index in [0.717, 1.165) is 5.56 Å². The normalized spacial score (nSPS) is 10.5. The molecule has 0 saturated carbocycles. The van der Waals surface area contributed by atoms with Gasteiger partial charge in [0.15, 0.2) is 5.78 Å². The number of hydrogen-bond donors (Lipinski definition) is 1. The predicted octanol–water partition coefficient (Wildman–Crippen LogP) is 1.66. The Kier molecular flexibility index (Phi) is 4.57. The summed E-state index contributed by atoms with van der Waals surface area (Å²) in [7, 11) is 0. The average Bonchev–Trinajstić information content (AvgIpc) is 2.24.